The summed E-state index contributed by atoms with van der Waals surface area (Å²) in [5.74, 6) is -1.11. The van der Waals surface area contributed by atoms with Crippen LogP contribution in [-0.2, 0) is 9.59 Å². The molecule has 1 atom stereocenters. The first-order valence-corrected chi connectivity index (χ1v) is 5.49. The van der Waals surface area contributed by atoms with E-state index in [9.17, 15) is 9.59 Å². The van der Waals surface area contributed by atoms with Gasteiger partial charge in [0.1, 0.15) is 0 Å². The lowest BCUT2D eigenvalue weighted by Gasteiger charge is -2.13. The number of aliphatic hydroxyl groups excluding tert-OH is 1. The summed E-state index contributed by atoms with van der Waals surface area (Å²) in [6.45, 7) is 0.825. The number of unbranched alkanes of at least 4 members (excludes halogenated alkanes) is 3. The van der Waals surface area contributed by atoms with E-state index in [-0.39, 0.29) is 13.0 Å². The predicted octanol–water partition coefficient (Wildman–Crippen LogP) is -1.14. The molecule has 16 heavy (non-hydrogen) atoms. The van der Waals surface area contributed by atoms with Crippen LogP contribution < -0.4 is 16.8 Å². The van der Waals surface area contributed by atoms with Gasteiger partial charge in [0.05, 0.1) is 12.5 Å². The second-order valence-corrected chi connectivity index (χ2v) is 3.72. The van der Waals surface area contributed by atoms with Crippen LogP contribution in [-0.4, -0.2) is 36.1 Å². The molecule has 94 valence electrons. The number of nitrogens with one attached hydrogen (secondary N) is 1. The fourth-order valence-corrected chi connectivity index (χ4v) is 1.34. The number of nitrogens with two attached hydrogens (primary N) is 2. The molecule has 0 aromatic carbocycles. The van der Waals surface area contributed by atoms with E-state index in [1.807, 2.05) is 0 Å². The first kappa shape index (κ1) is 14.9. The average Bonchev–Trinajstić information content (AvgIpc) is 2.20. The predicted molar refractivity (Wildman–Crippen MR) is 60.4 cm³/mol. The smallest absolute Gasteiger partial charge is 0.235 e. The number of carbonyl (C=O) groups excluding carboxylic acids is 2. The molecule has 0 aliphatic carbocycles. The molecule has 6 N–H and O–H groups in total. The summed E-state index contributed by atoms with van der Waals surface area (Å²) < 4.78 is 0. The molecule has 0 rings (SSSR count). The molecule has 6 nitrogen and oxygen atoms in total. The molecule has 0 saturated heterocycles. The summed E-state index contributed by atoms with van der Waals surface area (Å²) >= 11 is 0. The molecule has 0 aromatic heterocycles. The summed E-state index contributed by atoms with van der Waals surface area (Å²) in [6, 6.07) is -0.671. The Morgan fingerprint density at radius 3 is 2.25 bits per heavy atom. The largest absolute Gasteiger partial charge is 0.396 e. The van der Waals surface area contributed by atoms with Crippen LogP contribution in [0.4, 0.5) is 0 Å². The highest BCUT2D eigenvalue weighted by atomic mass is 16.2. The van der Waals surface area contributed by atoms with E-state index in [4.69, 9.17) is 16.6 Å². The zero-order valence-electron chi connectivity index (χ0n) is 9.45. The lowest BCUT2D eigenvalue weighted by atomic mass is 10.1. The third-order valence-corrected chi connectivity index (χ3v) is 2.22. The van der Waals surface area contributed by atoms with Crippen LogP contribution in [0.5, 0.6) is 0 Å². The Kier molecular flexibility index (Phi) is 8.46. The van der Waals surface area contributed by atoms with Gasteiger partial charge < -0.3 is 21.9 Å². The number of rotatable bonds is 10. The van der Waals surface area contributed by atoms with Crippen molar-refractivity contribution in [3.63, 3.8) is 0 Å². The fourth-order valence-electron chi connectivity index (χ4n) is 1.34. The first-order chi connectivity index (χ1) is 7.57. The van der Waals surface area contributed by atoms with Gasteiger partial charge in [0.2, 0.25) is 11.8 Å². The van der Waals surface area contributed by atoms with Crippen LogP contribution in [0.15, 0.2) is 0 Å². The molecule has 0 aromatic rings. The van der Waals surface area contributed by atoms with Crippen LogP contribution >= 0.6 is 0 Å². The number of amides is 2. The molecule has 0 aliphatic rings. The van der Waals surface area contributed by atoms with E-state index >= 15 is 0 Å². The van der Waals surface area contributed by atoms with Crippen molar-refractivity contribution in [1.29, 1.82) is 0 Å². The van der Waals surface area contributed by atoms with Gasteiger partial charge in [-0.25, -0.2) is 0 Å². The summed E-state index contributed by atoms with van der Waals surface area (Å²) in [5, 5.41) is 11.4. The van der Waals surface area contributed by atoms with Crippen molar-refractivity contribution in [2.75, 3.05) is 13.2 Å². The maximum Gasteiger partial charge on any atom is 0.235 e. The quantitative estimate of drug-likeness (QED) is 0.355. The molecule has 0 spiro atoms. The normalized spacial score (nSPS) is 12.3. The van der Waals surface area contributed by atoms with Gasteiger partial charge in [0, 0.05) is 6.61 Å². The Balaban J connectivity index is 3.60. The van der Waals surface area contributed by atoms with Gasteiger partial charge in [-0.1, -0.05) is 12.8 Å². The van der Waals surface area contributed by atoms with Crippen LogP contribution in [0.2, 0.25) is 0 Å². The van der Waals surface area contributed by atoms with E-state index < -0.39 is 17.9 Å². The number of primary amides is 2. The van der Waals surface area contributed by atoms with Gasteiger partial charge in [-0.3, -0.25) is 9.59 Å². The van der Waals surface area contributed by atoms with Crippen LogP contribution in [0.1, 0.15) is 32.1 Å². The Morgan fingerprint density at radius 2 is 1.75 bits per heavy atom. The third kappa shape index (κ3) is 8.19. The number of hydrogen-bond donors (Lipinski definition) is 4. The van der Waals surface area contributed by atoms with Crippen molar-refractivity contribution in [2.24, 2.45) is 11.5 Å². The minimum atomic E-state index is -0.671. The highest BCUT2D eigenvalue weighted by molar-refractivity contribution is 5.86. The number of aliphatic hydroxyl groups is 1. The second-order valence-electron chi connectivity index (χ2n) is 3.72. The van der Waals surface area contributed by atoms with Crippen molar-refractivity contribution >= 4 is 11.8 Å². The fraction of sp³-hybridized carbons (Fsp3) is 0.800. The molecule has 0 heterocycles. The van der Waals surface area contributed by atoms with Crippen molar-refractivity contribution in [1.82, 2.24) is 5.32 Å². The molecule has 0 fully saturated rings. The molecule has 2 amide bonds. The molecular weight excluding hydrogens is 210 g/mol. The monoisotopic (exact) mass is 231 g/mol. The highest BCUT2D eigenvalue weighted by Gasteiger charge is 2.16. The van der Waals surface area contributed by atoms with Crippen molar-refractivity contribution in [3.8, 4) is 0 Å². The summed E-state index contributed by atoms with van der Waals surface area (Å²) in [7, 11) is 0. The van der Waals surface area contributed by atoms with Crippen molar-refractivity contribution in [2.45, 2.75) is 38.1 Å². The van der Waals surface area contributed by atoms with Gasteiger partial charge in [-0.2, -0.15) is 0 Å². The Morgan fingerprint density at radius 1 is 1.12 bits per heavy atom. The van der Waals surface area contributed by atoms with E-state index in [0.29, 0.717) is 6.54 Å². The minimum Gasteiger partial charge on any atom is -0.396 e. The SMILES string of the molecule is NC(=O)C[C@H](NCCCCCCO)C(N)=O. The molecule has 0 radical (unpaired) electrons. The van der Waals surface area contributed by atoms with E-state index in [2.05, 4.69) is 5.32 Å². The Labute approximate surface area is 95.4 Å². The van der Waals surface area contributed by atoms with Crippen molar-refractivity contribution < 1.29 is 14.7 Å². The van der Waals surface area contributed by atoms with Crippen LogP contribution in [0, 0.1) is 0 Å². The maximum absolute atomic E-state index is 10.9. The summed E-state index contributed by atoms with van der Waals surface area (Å²) in [4.78, 5) is 21.6. The molecule has 0 aliphatic heterocycles. The lowest BCUT2D eigenvalue weighted by molar-refractivity contribution is -0.125. The van der Waals surface area contributed by atoms with E-state index in [1.54, 1.807) is 0 Å². The van der Waals surface area contributed by atoms with Gasteiger partial charge in [0.25, 0.3) is 0 Å². The summed E-state index contributed by atoms with van der Waals surface area (Å²) in [5.41, 5.74) is 10.1. The molecule has 0 bridgehead atoms. The zero-order chi connectivity index (χ0) is 12.4. The van der Waals surface area contributed by atoms with Crippen LogP contribution in [0.25, 0.3) is 0 Å². The zero-order valence-corrected chi connectivity index (χ0v) is 9.45. The van der Waals surface area contributed by atoms with E-state index in [0.717, 1.165) is 25.7 Å². The van der Waals surface area contributed by atoms with Crippen LogP contribution in [0.3, 0.4) is 0 Å². The van der Waals surface area contributed by atoms with E-state index in [1.165, 1.54) is 0 Å². The standard InChI is InChI=1S/C10H21N3O3/c11-9(15)7-8(10(12)16)13-5-3-1-2-4-6-14/h8,13-14H,1-7H2,(H2,11,15)(H2,12,16)/t8-/m0/s1. The van der Waals surface area contributed by atoms with Gasteiger partial charge in [0.15, 0.2) is 0 Å². The molecule has 6 heteroatoms. The second kappa shape index (κ2) is 9.11. The molecular formula is C10H21N3O3. The van der Waals surface area contributed by atoms with Crippen molar-refractivity contribution in [3.05, 3.63) is 0 Å². The number of carbonyl (C=O) groups is 2. The average molecular weight is 231 g/mol. The molecule has 0 saturated carbocycles. The third-order valence-electron chi connectivity index (χ3n) is 2.22. The topological polar surface area (TPSA) is 118 Å². The van der Waals surface area contributed by atoms with Gasteiger partial charge in [-0.15, -0.1) is 0 Å². The summed E-state index contributed by atoms with van der Waals surface area (Å²) in [6.07, 6.45) is 3.53. The maximum atomic E-state index is 10.9. The number of hydrogen-bond acceptors (Lipinski definition) is 4. The first-order valence-electron chi connectivity index (χ1n) is 5.49. The molecule has 0 unspecified atom stereocenters. The Bertz CT molecular complexity index is 221. The Hall–Kier alpha value is -1.14. The lowest BCUT2D eigenvalue weighted by Crippen LogP contribution is -2.44. The minimum absolute atomic E-state index is 0.0635. The van der Waals surface area contributed by atoms with Gasteiger partial charge >= 0.3 is 0 Å². The van der Waals surface area contributed by atoms with Gasteiger partial charge in [-0.05, 0) is 19.4 Å². The highest BCUT2D eigenvalue weighted by Crippen LogP contribution is 1.98.